The van der Waals surface area contributed by atoms with Gasteiger partial charge >= 0.3 is 0 Å². The lowest BCUT2D eigenvalue weighted by atomic mass is 10.1. The van der Waals surface area contributed by atoms with E-state index in [2.05, 4.69) is 26.0 Å². The highest BCUT2D eigenvalue weighted by atomic mass is 16.4. The highest BCUT2D eigenvalue weighted by molar-refractivity contribution is 5.62. The van der Waals surface area contributed by atoms with Gasteiger partial charge in [-0.3, -0.25) is 4.79 Å². The zero-order valence-electron chi connectivity index (χ0n) is 14.3. The third-order valence-corrected chi connectivity index (χ3v) is 3.39. The van der Waals surface area contributed by atoms with Gasteiger partial charge in [0.25, 0.3) is 5.97 Å². The van der Waals surface area contributed by atoms with Gasteiger partial charge in [0.1, 0.15) is 0 Å². The van der Waals surface area contributed by atoms with Gasteiger partial charge in [0.15, 0.2) is 0 Å². The number of allylic oxidation sites excluding steroid dienone is 2. The molecule has 0 aromatic heterocycles. The van der Waals surface area contributed by atoms with Crippen LogP contribution in [0.2, 0.25) is 0 Å². The molecule has 0 spiro atoms. The minimum absolute atomic E-state index is 0.364. The van der Waals surface area contributed by atoms with Gasteiger partial charge in [-0.15, -0.1) is 0 Å². The first kappa shape index (κ1) is 22.5. The second-order valence-electron chi connectivity index (χ2n) is 5.67. The molecular weight excluding hydrogens is 264 g/mol. The molecule has 0 saturated heterocycles. The monoisotopic (exact) mass is 300 g/mol. The maximum Gasteiger partial charge on any atom is 0.300 e. The molecule has 0 fully saturated rings. The number of carboxylic acids is 1. The first-order chi connectivity index (χ1) is 10.0. The second kappa shape index (κ2) is 19.2. The number of hydrogen-bond donors (Lipinski definition) is 2. The molecular formula is C18H36O3. The van der Waals surface area contributed by atoms with Gasteiger partial charge in [-0.2, -0.15) is 0 Å². The number of carboxylic acid groups (broad SMARTS) is 1. The van der Waals surface area contributed by atoms with E-state index in [1.54, 1.807) is 0 Å². The zero-order chi connectivity index (χ0) is 16.3. The minimum atomic E-state index is -0.833. The summed E-state index contributed by atoms with van der Waals surface area (Å²) in [5.74, 6) is -0.0819. The molecule has 0 aliphatic carbocycles. The fourth-order valence-electron chi connectivity index (χ4n) is 1.90. The first-order valence-electron chi connectivity index (χ1n) is 8.51. The van der Waals surface area contributed by atoms with E-state index in [0.29, 0.717) is 6.61 Å². The van der Waals surface area contributed by atoms with Crippen LogP contribution in [0.15, 0.2) is 12.2 Å². The highest BCUT2D eigenvalue weighted by Crippen LogP contribution is 2.10. The molecule has 2 N–H and O–H groups in total. The summed E-state index contributed by atoms with van der Waals surface area (Å²) in [6.45, 7) is 5.97. The van der Waals surface area contributed by atoms with E-state index >= 15 is 0 Å². The number of unbranched alkanes of at least 4 members (excludes halogenated alkanes) is 8. The number of rotatable bonds is 12. The van der Waals surface area contributed by atoms with Crippen LogP contribution in [0, 0.1) is 5.92 Å². The third-order valence-electron chi connectivity index (χ3n) is 3.39. The zero-order valence-corrected chi connectivity index (χ0v) is 14.3. The number of hydrogen-bond acceptors (Lipinski definition) is 2. The Labute approximate surface area is 131 Å². The lowest BCUT2D eigenvalue weighted by Gasteiger charge is -2.01. The van der Waals surface area contributed by atoms with Crippen LogP contribution in [-0.4, -0.2) is 22.8 Å². The van der Waals surface area contributed by atoms with Gasteiger partial charge in [-0.1, -0.05) is 70.9 Å². The number of aliphatic hydroxyl groups is 1. The molecule has 0 saturated carbocycles. The molecule has 0 amide bonds. The number of carbonyl (C=O) groups is 1. The van der Waals surface area contributed by atoms with Gasteiger partial charge in [-0.05, 0) is 25.2 Å². The van der Waals surface area contributed by atoms with E-state index in [1.807, 2.05) is 0 Å². The van der Waals surface area contributed by atoms with Crippen LogP contribution in [0.4, 0.5) is 0 Å². The lowest BCUT2D eigenvalue weighted by Crippen LogP contribution is -1.85. The summed E-state index contributed by atoms with van der Waals surface area (Å²) in [5, 5.41) is 16.1. The van der Waals surface area contributed by atoms with Crippen molar-refractivity contribution in [2.45, 2.75) is 85.0 Å². The van der Waals surface area contributed by atoms with Crippen LogP contribution in [0.3, 0.4) is 0 Å². The van der Waals surface area contributed by atoms with E-state index < -0.39 is 5.97 Å². The van der Waals surface area contributed by atoms with Crippen molar-refractivity contribution in [2.24, 2.45) is 5.92 Å². The average Bonchev–Trinajstić information content (AvgIpc) is 2.43. The molecule has 0 radical (unpaired) electrons. The van der Waals surface area contributed by atoms with Crippen molar-refractivity contribution in [1.29, 1.82) is 0 Å². The molecule has 0 aromatic carbocycles. The van der Waals surface area contributed by atoms with Crippen molar-refractivity contribution in [1.82, 2.24) is 0 Å². The maximum atomic E-state index is 9.00. The average molecular weight is 300 g/mol. The largest absolute Gasteiger partial charge is 0.481 e. The fourth-order valence-corrected chi connectivity index (χ4v) is 1.90. The summed E-state index contributed by atoms with van der Waals surface area (Å²) < 4.78 is 0. The van der Waals surface area contributed by atoms with Crippen molar-refractivity contribution in [3.05, 3.63) is 12.2 Å². The van der Waals surface area contributed by atoms with Crippen molar-refractivity contribution < 1.29 is 15.0 Å². The summed E-state index contributed by atoms with van der Waals surface area (Å²) in [7, 11) is 0. The van der Waals surface area contributed by atoms with Gasteiger partial charge < -0.3 is 10.2 Å². The highest BCUT2D eigenvalue weighted by Gasteiger charge is 1.92. The van der Waals surface area contributed by atoms with Crippen molar-refractivity contribution in [3.63, 3.8) is 0 Å². The molecule has 0 aromatic rings. The first-order valence-corrected chi connectivity index (χ1v) is 8.51. The number of aliphatic carboxylic acids is 1. The van der Waals surface area contributed by atoms with E-state index in [1.165, 1.54) is 57.8 Å². The van der Waals surface area contributed by atoms with E-state index in [9.17, 15) is 0 Å². The van der Waals surface area contributed by atoms with Crippen molar-refractivity contribution >= 4 is 5.97 Å². The van der Waals surface area contributed by atoms with Gasteiger partial charge in [-0.25, -0.2) is 0 Å². The molecule has 126 valence electrons. The summed E-state index contributed by atoms with van der Waals surface area (Å²) in [4.78, 5) is 9.00. The SMILES string of the molecule is CC(=O)O.CCC(C)C=CCCCCCCCCCCO. The molecule has 0 heterocycles. The van der Waals surface area contributed by atoms with Crippen LogP contribution < -0.4 is 0 Å². The Morgan fingerprint density at radius 1 is 1.00 bits per heavy atom. The molecule has 0 aliphatic rings. The predicted octanol–water partition coefficient (Wildman–Crippen LogP) is 5.18. The smallest absolute Gasteiger partial charge is 0.300 e. The molecule has 0 aliphatic heterocycles. The van der Waals surface area contributed by atoms with E-state index in [-0.39, 0.29) is 0 Å². The third kappa shape index (κ3) is 28.1. The molecule has 1 unspecified atom stereocenters. The summed E-state index contributed by atoms with van der Waals surface area (Å²) in [6.07, 6.45) is 17.6. The normalized spacial score (nSPS) is 12.0. The standard InChI is InChI=1S/C16H32O.C2H4O2/c1-3-16(2)14-12-10-8-6-4-5-7-9-11-13-15-17;1-2(3)4/h12,14,16-17H,3-11,13,15H2,1-2H3;1H3,(H,3,4). The van der Waals surface area contributed by atoms with E-state index in [4.69, 9.17) is 15.0 Å². The Balaban J connectivity index is 0. The van der Waals surface area contributed by atoms with E-state index in [0.717, 1.165) is 19.3 Å². The van der Waals surface area contributed by atoms with Crippen LogP contribution in [0.25, 0.3) is 0 Å². The molecule has 0 rings (SSSR count). The van der Waals surface area contributed by atoms with Crippen molar-refractivity contribution in [2.75, 3.05) is 6.61 Å². The second-order valence-corrected chi connectivity index (χ2v) is 5.67. The quantitative estimate of drug-likeness (QED) is 0.385. The lowest BCUT2D eigenvalue weighted by molar-refractivity contribution is -0.134. The van der Waals surface area contributed by atoms with Gasteiger partial charge in [0.05, 0.1) is 0 Å². The number of aliphatic hydroxyl groups excluding tert-OH is 1. The molecule has 1 atom stereocenters. The molecule has 21 heavy (non-hydrogen) atoms. The predicted molar refractivity (Wildman–Crippen MR) is 90.5 cm³/mol. The maximum absolute atomic E-state index is 9.00. The Morgan fingerprint density at radius 3 is 1.86 bits per heavy atom. The van der Waals surface area contributed by atoms with Crippen molar-refractivity contribution in [3.8, 4) is 0 Å². The van der Waals surface area contributed by atoms with Crippen LogP contribution in [0.5, 0.6) is 0 Å². The fraction of sp³-hybridized carbons (Fsp3) is 0.833. The minimum Gasteiger partial charge on any atom is -0.481 e. The summed E-state index contributed by atoms with van der Waals surface area (Å²) in [5.41, 5.74) is 0. The Hall–Kier alpha value is -0.830. The van der Waals surface area contributed by atoms with Crippen LogP contribution >= 0.6 is 0 Å². The summed E-state index contributed by atoms with van der Waals surface area (Å²) in [6, 6.07) is 0. The van der Waals surface area contributed by atoms with Crippen LogP contribution in [0.1, 0.15) is 85.0 Å². The molecule has 0 bridgehead atoms. The van der Waals surface area contributed by atoms with Gasteiger partial charge in [0, 0.05) is 13.5 Å². The van der Waals surface area contributed by atoms with Gasteiger partial charge in [0.2, 0.25) is 0 Å². The topological polar surface area (TPSA) is 57.5 Å². The van der Waals surface area contributed by atoms with Crippen LogP contribution in [-0.2, 0) is 4.79 Å². The Bertz CT molecular complexity index is 233. The molecule has 3 nitrogen and oxygen atoms in total. The Morgan fingerprint density at radius 2 is 1.43 bits per heavy atom. The summed E-state index contributed by atoms with van der Waals surface area (Å²) >= 11 is 0. The molecule has 3 heteroatoms. The Kier molecular flexibility index (Phi) is 20.5.